The number of carbonyl (C=O) groups is 2. The summed E-state index contributed by atoms with van der Waals surface area (Å²) in [4.78, 5) is 34.2. The number of rotatable bonds is 6. The van der Waals surface area contributed by atoms with Crippen LogP contribution >= 0.6 is 11.3 Å². The number of thiophene rings is 1. The first-order valence-electron chi connectivity index (χ1n) is 12.9. The zero-order chi connectivity index (χ0) is 23.5. The van der Waals surface area contributed by atoms with Gasteiger partial charge in [0, 0.05) is 10.3 Å². The average Bonchev–Trinajstić information content (AvgIpc) is 3.17. The van der Waals surface area contributed by atoms with Crippen molar-refractivity contribution in [1.82, 2.24) is 9.80 Å². The van der Waals surface area contributed by atoms with Crippen molar-refractivity contribution >= 4 is 40.2 Å². The van der Waals surface area contributed by atoms with E-state index in [4.69, 9.17) is 0 Å². The van der Waals surface area contributed by atoms with E-state index in [1.165, 1.54) is 75.9 Å². The Labute approximate surface area is 206 Å². The predicted octanol–water partition coefficient (Wildman–Crippen LogP) is 5.27. The van der Waals surface area contributed by atoms with E-state index in [1.54, 1.807) is 4.90 Å². The Hall–Kier alpha value is -2.22. The van der Waals surface area contributed by atoms with Gasteiger partial charge in [0.25, 0.3) is 5.91 Å². The van der Waals surface area contributed by atoms with Crippen LogP contribution in [0.4, 0.5) is 17.1 Å². The lowest BCUT2D eigenvalue weighted by atomic mass is 9.92. The van der Waals surface area contributed by atoms with Crippen LogP contribution in [-0.4, -0.2) is 60.9 Å². The Kier molecular flexibility index (Phi) is 7.32. The van der Waals surface area contributed by atoms with Gasteiger partial charge in [0.1, 0.15) is 0 Å². The molecule has 0 atom stereocenters. The smallest absolute Gasteiger partial charge is 0.258 e. The fourth-order valence-corrected chi connectivity index (χ4v) is 6.54. The van der Waals surface area contributed by atoms with Gasteiger partial charge in [0.05, 0.1) is 29.2 Å². The average molecular weight is 481 g/mol. The molecule has 0 radical (unpaired) electrons. The normalized spacial score (nSPS) is 19.9. The number of carbonyl (C=O) groups excluding carboxylic acids is 2. The minimum Gasteiger partial charge on any atom is -0.320 e. The zero-order valence-corrected chi connectivity index (χ0v) is 21.0. The maximum absolute atomic E-state index is 13.7. The molecule has 1 N–H and O–H groups in total. The molecule has 0 aliphatic carbocycles. The summed E-state index contributed by atoms with van der Waals surface area (Å²) in [5, 5.41) is 4.85. The molecule has 4 heterocycles. The molecule has 7 heteroatoms. The molecule has 0 bridgehead atoms. The highest BCUT2D eigenvalue weighted by Crippen LogP contribution is 2.42. The Morgan fingerprint density at radius 1 is 1.06 bits per heavy atom. The summed E-state index contributed by atoms with van der Waals surface area (Å²) >= 11 is 1.52. The summed E-state index contributed by atoms with van der Waals surface area (Å²) in [6, 6.07) is 7.61. The van der Waals surface area contributed by atoms with Gasteiger partial charge in [-0.1, -0.05) is 18.6 Å². The van der Waals surface area contributed by atoms with E-state index in [-0.39, 0.29) is 11.8 Å². The van der Waals surface area contributed by atoms with Crippen LogP contribution in [0, 0.1) is 12.8 Å². The first kappa shape index (κ1) is 23.5. The highest BCUT2D eigenvalue weighted by Gasteiger charge is 2.33. The third-order valence-corrected chi connectivity index (χ3v) is 8.55. The Morgan fingerprint density at radius 2 is 1.82 bits per heavy atom. The van der Waals surface area contributed by atoms with Crippen LogP contribution in [0.15, 0.2) is 29.6 Å². The Morgan fingerprint density at radius 3 is 2.62 bits per heavy atom. The molecule has 1 aromatic carbocycles. The number of hydrogen-bond acceptors (Lipinski definition) is 5. The third-order valence-electron chi connectivity index (χ3n) is 7.65. The molecule has 2 aromatic rings. The largest absolute Gasteiger partial charge is 0.320 e. The first-order valence-corrected chi connectivity index (χ1v) is 13.7. The number of aryl methyl sites for hydroxylation is 1. The van der Waals surface area contributed by atoms with E-state index < -0.39 is 0 Å². The van der Waals surface area contributed by atoms with Gasteiger partial charge in [0.2, 0.25) is 5.91 Å². The van der Waals surface area contributed by atoms with Crippen molar-refractivity contribution in [3.05, 3.63) is 40.1 Å². The number of nitrogens with zero attached hydrogens (tertiary/aromatic N) is 3. The number of anilines is 3. The number of piperidine rings is 2. The van der Waals surface area contributed by atoms with Gasteiger partial charge in [0.15, 0.2) is 0 Å². The van der Waals surface area contributed by atoms with Gasteiger partial charge in [-0.3, -0.25) is 19.4 Å². The summed E-state index contributed by atoms with van der Waals surface area (Å²) in [6.07, 6.45) is 9.09. The van der Waals surface area contributed by atoms with Gasteiger partial charge in [-0.15, -0.1) is 11.3 Å². The van der Waals surface area contributed by atoms with Crippen LogP contribution in [0.3, 0.4) is 0 Å². The summed E-state index contributed by atoms with van der Waals surface area (Å²) in [5.74, 6) is 0.672. The zero-order valence-electron chi connectivity index (χ0n) is 20.2. The summed E-state index contributed by atoms with van der Waals surface area (Å²) in [7, 11) is 0. The number of fused-ring (bicyclic) bond motifs is 2. The van der Waals surface area contributed by atoms with E-state index in [0.717, 1.165) is 35.3 Å². The molecule has 3 aliphatic heterocycles. The van der Waals surface area contributed by atoms with Crippen molar-refractivity contribution in [1.29, 1.82) is 0 Å². The topological polar surface area (TPSA) is 55.9 Å². The number of benzene rings is 1. The van der Waals surface area contributed by atoms with Gasteiger partial charge < -0.3 is 10.2 Å². The molecule has 34 heavy (non-hydrogen) atoms. The first-order chi connectivity index (χ1) is 16.6. The standard InChI is InChI=1S/C27H36N4O2S/c1-20-26-22(19-34-20)27(33)28-23-9-3-4-10-24(23)31(26)25(32)18-30-16-11-21(12-17-30)8-7-15-29-13-5-2-6-14-29/h3-4,9-10,19,21H,2,5-8,11-18H2,1H3,(H,28,33). The predicted molar refractivity (Wildman–Crippen MR) is 139 cm³/mol. The van der Waals surface area contributed by atoms with Gasteiger partial charge in [-0.25, -0.2) is 0 Å². The van der Waals surface area contributed by atoms with E-state index in [0.29, 0.717) is 17.8 Å². The third kappa shape index (κ3) is 5.07. The highest BCUT2D eigenvalue weighted by atomic mass is 32.1. The van der Waals surface area contributed by atoms with Crippen molar-refractivity contribution in [2.24, 2.45) is 5.92 Å². The molecule has 3 aliphatic rings. The maximum Gasteiger partial charge on any atom is 0.258 e. The Balaban J connectivity index is 1.20. The fraction of sp³-hybridized carbons (Fsp3) is 0.556. The van der Waals surface area contributed by atoms with Crippen molar-refractivity contribution < 1.29 is 9.59 Å². The fourth-order valence-electron chi connectivity index (χ4n) is 5.71. The molecule has 2 saturated heterocycles. The molecule has 6 nitrogen and oxygen atoms in total. The summed E-state index contributed by atoms with van der Waals surface area (Å²) < 4.78 is 0. The second-order valence-corrected chi connectivity index (χ2v) is 11.1. The van der Waals surface area contributed by atoms with Crippen LogP contribution in [0.1, 0.15) is 60.2 Å². The number of para-hydroxylation sites is 2. The molecule has 2 fully saturated rings. The number of amides is 2. The molecule has 182 valence electrons. The molecule has 1 aromatic heterocycles. The minimum atomic E-state index is -0.146. The van der Waals surface area contributed by atoms with E-state index >= 15 is 0 Å². The monoisotopic (exact) mass is 480 g/mol. The second-order valence-electron chi connectivity index (χ2n) is 10.0. The molecule has 0 saturated carbocycles. The lowest BCUT2D eigenvalue weighted by Gasteiger charge is -2.34. The van der Waals surface area contributed by atoms with Gasteiger partial charge >= 0.3 is 0 Å². The lowest BCUT2D eigenvalue weighted by molar-refractivity contribution is -0.119. The van der Waals surface area contributed by atoms with E-state index in [1.807, 2.05) is 36.6 Å². The maximum atomic E-state index is 13.7. The summed E-state index contributed by atoms with van der Waals surface area (Å²) in [6.45, 7) is 8.14. The van der Waals surface area contributed by atoms with Crippen molar-refractivity contribution in [2.45, 2.75) is 51.9 Å². The van der Waals surface area contributed by atoms with Crippen LogP contribution in [0.2, 0.25) is 0 Å². The number of nitrogens with one attached hydrogen (secondary N) is 1. The molecule has 2 amide bonds. The molecular weight excluding hydrogens is 444 g/mol. The van der Waals surface area contributed by atoms with Crippen molar-refractivity contribution in [2.75, 3.05) is 49.5 Å². The minimum absolute atomic E-state index is 0.0373. The molecule has 0 spiro atoms. The van der Waals surface area contributed by atoms with E-state index in [2.05, 4.69) is 15.1 Å². The Bertz CT molecular complexity index is 1020. The van der Waals surface area contributed by atoms with E-state index in [9.17, 15) is 9.59 Å². The van der Waals surface area contributed by atoms with Crippen molar-refractivity contribution in [3.63, 3.8) is 0 Å². The van der Waals surface area contributed by atoms with Gasteiger partial charge in [-0.05, 0) is 96.2 Å². The molecule has 0 unspecified atom stereocenters. The van der Waals surface area contributed by atoms with Crippen LogP contribution in [0.5, 0.6) is 0 Å². The van der Waals surface area contributed by atoms with Crippen LogP contribution in [-0.2, 0) is 4.79 Å². The molecular formula is C27H36N4O2S. The lowest BCUT2D eigenvalue weighted by Crippen LogP contribution is -2.42. The second kappa shape index (κ2) is 10.6. The highest BCUT2D eigenvalue weighted by molar-refractivity contribution is 7.11. The quantitative estimate of drug-likeness (QED) is 0.612. The van der Waals surface area contributed by atoms with Gasteiger partial charge in [-0.2, -0.15) is 0 Å². The van der Waals surface area contributed by atoms with Crippen LogP contribution < -0.4 is 10.2 Å². The van der Waals surface area contributed by atoms with Crippen molar-refractivity contribution in [3.8, 4) is 0 Å². The molecule has 5 rings (SSSR count). The number of likely N-dealkylation sites (tertiary alicyclic amines) is 2. The summed E-state index contributed by atoms with van der Waals surface area (Å²) in [5.41, 5.74) is 2.77. The van der Waals surface area contributed by atoms with Crippen LogP contribution in [0.25, 0.3) is 0 Å². The number of hydrogen-bond donors (Lipinski definition) is 1. The SMILES string of the molecule is Cc1scc2c1N(C(=O)CN1CCC(CCCN3CCCCC3)CC1)c1ccccc1NC2=O.